The van der Waals surface area contributed by atoms with Crippen LogP contribution >= 0.6 is 0 Å². The second-order valence-corrected chi connectivity index (χ2v) is 8.10. The lowest BCUT2D eigenvalue weighted by Crippen LogP contribution is -2.43. The van der Waals surface area contributed by atoms with Gasteiger partial charge in [-0.1, -0.05) is 19.1 Å². The molecule has 12 heteroatoms. The van der Waals surface area contributed by atoms with Gasteiger partial charge in [0.2, 0.25) is 11.9 Å². The zero-order valence-corrected chi connectivity index (χ0v) is 19.8. The van der Waals surface area contributed by atoms with Crippen molar-refractivity contribution in [2.45, 2.75) is 30.1 Å². The van der Waals surface area contributed by atoms with Gasteiger partial charge in [0, 0.05) is 21.8 Å². The van der Waals surface area contributed by atoms with Crippen molar-refractivity contribution in [3.63, 3.8) is 0 Å². The first-order valence-electron chi connectivity index (χ1n) is 9.93. The van der Waals surface area contributed by atoms with Crippen molar-refractivity contribution in [2.24, 2.45) is 4.99 Å². The summed E-state index contributed by atoms with van der Waals surface area (Å²) in [6.07, 6.45) is -1.64. The summed E-state index contributed by atoms with van der Waals surface area (Å²) in [6.45, 7) is 3.09. The Balaban J connectivity index is 2.49. The standard InChI is InChI=1S/C22H24N4O7S/c1-5-19(28)23-18-12-16(34(31)15-8-6-14(7-9-15)13(2)27)10-11-17(18)24-20(25-21(29)32-3)26-22(30)33-4/h6-12H,5H2,1-4H3,(H,23,28)(H2,24,25,26,29,30). The number of nitrogens with one attached hydrogen (secondary N) is 3. The molecular formula is C22H24N4O7S. The second kappa shape index (κ2) is 12.3. The van der Waals surface area contributed by atoms with Crippen molar-refractivity contribution < 1.29 is 32.9 Å². The van der Waals surface area contributed by atoms with Crippen LogP contribution in [0.4, 0.5) is 21.0 Å². The summed E-state index contributed by atoms with van der Waals surface area (Å²) >= 11 is 0. The van der Waals surface area contributed by atoms with Crippen molar-refractivity contribution in [1.29, 1.82) is 0 Å². The normalized spacial score (nSPS) is 10.9. The quantitative estimate of drug-likeness (QED) is 0.321. The van der Waals surface area contributed by atoms with Crippen LogP contribution in [0.5, 0.6) is 0 Å². The lowest BCUT2D eigenvalue weighted by atomic mass is 10.2. The minimum Gasteiger partial charge on any atom is -0.453 e. The molecule has 0 aliphatic carbocycles. The first kappa shape index (κ1) is 26.2. The Morgan fingerprint density at radius 2 is 1.47 bits per heavy atom. The van der Waals surface area contributed by atoms with E-state index < -0.39 is 23.0 Å². The summed E-state index contributed by atoms with van der Waals surface area (Å²) < 4.78 is 22.1. The van der Waals surface area contributed by atoms with E-state index in [-0.39, 0.29) is 35.4 Å². The molecule has 0 radical (unpaired) electrons. The third-order valence-corrected chi connectivity index (χ3v) is 5.68. The lowest BCUT2D eigenvalue weighted by molar-refractivity contribution is -0.115. The van der Waals surface area contributed by atoms with Gasteiger partial charge in [-0.3, -0.25) is 20.2 Å². The zero-order chi connectivity index (χ0) is 25.3. The van der Waals surface area contributed by atoms with Gasteiger partial charge in [0.25, 0.3) is 0 Å². The molecule has 0 aliphatic heterocycles. The van der Waals surface area contributed by atoms with Gasteiger partial charge in [0.15, 0.2) is 5.78 Å². The molecule has 3 N–H and O–H groups in total. The number of guanidine groups is 1. The van der Waals surface area contributed by atoms with Crippen LogP contribution in [0, 0.1) is 0 Å². The van der Waals surface area contributed by atoms with Gasteiger partial charge >= 0.3 is 12.2 Å². The molecule has 3 amide bonds. The highest BCUT2D eigenvalue weighted by molar-refractivity contribution is 7.85. The van der Waals surface area contributed by atoms with Gasteiger partial charge in [0.1, 0.15) is 0 Å². The number of methoxy groups -OCH3 is 2. The number of hydrogen-bond acceptors (Lipinski definition) is 8. The van der Waals surface area contributed by atoms with Crippen LogP contribution in [0.15, 0.2) is 57.2 Å². The molecule has 11 nitrogen and oxygen atoms in total. The molecule has 0 fully saturated rings. The summed E-state index contributed by atoms with van der Waals surface area (Å²) in [6, 6.07) is 10.8. The molecule has 2 aromatic rings. The molecule has 1 atom stereocenters. The van der Waals surface area contributed by atoms with Crippen LogP contribution in [0.1, 0.15) is 30.6 Å². The topological polar surface area (TPSA) is 152 Å². The number of carbonyl (C=O) groups excluding carboxylic acids is 4. The maximum atomic E-state index is 13.1. The predicted octanol–water partition coefficient (Wildman–Crippen LogP) is 3.10. The Morgan fingerprint density at radius 1 is 0.912 bits per heavy atom. The van der Waals surface area contributed by atoms with Crippen molar-refractivity contribution in [3.05, 3.63) is 48.0 Å². The van der Waals surface area contributed by atoms with Crippen molar-refractivity contribution in [3.8, 4) is 0 Å². The van der Waals surface area contributed by atoms with Crippen LogP contribution in [0.25, 0.3) is 0 Å². The van der Waals surface area contributed by atoms with Crippen LogP contribution in [0.3, 0.4) is 0 Å². The molecule has 0 saturated heterocycles. The van der Waals surface area contributed by atoms with E-state index in [1.165, 1.54) is 25.1 Å². The van der Waals surface area contributed by atoms with E-state index in [0.717, 1.165) is 14.2 Å². The average molecular weight is 489 g/mol. The highest BCUT2D eigenvalue weighted by Crippen LogP contribution is 2.29. The highest BCUT2D eigenvalue weighted by atomic mass is 32.2. The first-order valence-corrected chi connectivity index (χ1v) is 11.1. The number of ether oxygens (including phenoxy) is 2. The Morgan fingerprint density at radius 3 is 1.97 bits per heavy atom. The molecule has 2 rings (SSSR count). The first-order chi connectivity index (χ1) is 16.2. The molecule has 0 spiro atoms. The summed E-state index contributed by atoms with van der Waals surface area (Å²) in [5.41, 5.74) is 0.830. The van der Waals surface area contributed by atoms with Crippen LogP contribution in [-0.2, 0) is 25.1 Å². The second-order valence-electron chi connectivity index (χ2n) is 6.62. The highest BCUT2D eigenvalue weighted by Gasteiger charge is 2.15. The van der Waals surface area contributed by atoms with Crippen molar-refractivity contribution in [2.75, 3.05) is 19.5 Å². The Kier molecular flexibility index (Phi) is 9.44. The number of carbonyl (C=O) groups is 4. The molecular weight excluding hydrogens is 464 g/mol. The number of aliphatic imine (C=N–C) groups is 1. The molecule has 2 aromatic carbocycles. The minimum absolute atomic E-state index is 0.110. The molecule has 0 aromatic heterocycles. The fourth-order valence-electron chi connectivity index (χ4n) is 2.52. The number of benzene rings is 2. The fourth-order valence-corrected chi connectivity index (χ4v) is 3.59. The number of anilines is 1. The van der Waals surface area contributed by atoms with Gasteiger partial charge in [-0.2, -0.15) is 0 Å². The molecule has 0 heterocycles. The molecule has 0 bridgehead atoms. The van der Waals surface area contributed by atoms with E-state index in [1.807, 2.05) is 0 Å². The molecule has 1 unspecified atom stereocenters. The van der Waals surface area contributed by atoms with Gasteiger partial charge in [0.05, 0.1) is 36.4 Å². The van der Waals surface area contributed by atoms with Crippen LogP contribution < -0.4 is 16.0 Å². The number of alkyl carbamates (subject to hydrolysis) is 2. The number of hydrogen-bond donors (Lipinski definition) is 3. The smallest absolute Gasteiger partial charge is 0.413 e. The van der Waals surface area contributed by atoms with Crippen LogP contribution in [-0.4, -0.2) is 48.3 Å². The molecule has 0 aliphatic rings. The van der Waals surface area contributed by atoms with Gasteiger partial charge in [-0.15, -0.1) is 0 Å². The Labute approximate surface area is 198 Å². The van der Waals surface area contributed by atoms with E-state index in [1.54, 1.807) is 31.2 Å². The zero-order valence-electron chi connectivity index (χ0n) is 19.0. The number of Topliss-reactive ketones (excluding diaryl/α,β-unsaturated/α-hetero) is 1. The van der Waals surface area contributed by atoms with Gasteiger partial charge in [-0.05, 0) is 37.3 Å². The average Bonchev–Trinajstić information content (AvgIpc) is 2.84. The minimum atomic E-state index is -1.63. The Bertz CT molecular complexity index is 1130. The van der Waals surface area contributed by atoms with Crippen molar-refractivity contribution >= 4 is 52.0 Å². The van der Waals surface area contributed by atoms with E-state index >= 15 is 0 Å². The Hall–Kier alpha value is -4.06. The number of amides is 3. The van der Waals surface area contributed by atoms with E-state index in [2.05, 4.69) is 30.4 Å². The summed E-state index contributed by atoms with van der Waals surface area (Å²) in [7, 11) is 0.632. The number of ketones is 1. The third-order valence-electron chi connectivity index (χ3n) is 4.30. The van der Waals surface area contributed by atoms with E-state index in [0.29, 0.717) is 15.4 Å². The predicted molar refractivity (Wildman–Crippen MR) is 125 cm³/mol. The summed E-state index contributed by atoms with van der Waals surface area (Å²) in [5.74, 6) is -0.769. The lowest BCUT2D eigenvalue weighted by Gasteiger charge is -2.13. The van der Waals surface area contributed by atoms with Crippen LogP contribution in [0.2, 0.25) is 0 Å². The van der Waals surface area contributed by atoms with E-state index in [4.69, 9.17) is 0 Å². The largest absolute Gasteiger partial charge is 0.453 e. The molecule has 180 valence electrons. The summed E-state index contributed by atoms with van der Waals surface area (Å²) in [4.78, 5) is 51.8. The fraction of sp³-hybridized carbons (Fsp3) is 0.227. The van der Waals surface area contributed by atoms with E-state index in [9.17, 15) is 23.4 Å². The van der Waals surface area contributed by atoms with Gasteiger partial charge < -0.3 is 14.8 Å². The maximum absolute atomic E-state index is 13.1. The summed E-state index contributed by atoms with van der Waals surface area (Å²) in [5, 5.41) is 7.12. The molecule has 34 heavy (non-hydrogen) atoms. The monoisotopic (exact) mass is 488 g/mol. The van der Waals surface area contributed by atoms with Gasteiger partial charge in [-0.25, -0.2) is 18.8 Å². The molecule has 0 saturated carbocycles. The number of nitrogens with zero attached hydrogens (tertiary/aromatic N) is 1. The number of rotatable bonds is 6. The SMILES string of the molecule is CCC(=O)Nc1cc(S(=O)c2ccc(C(C)=O)cc2)ccc1N=C(NC(=O)OC)NC(=O)OC. The van der Waals surface area contributed by atoms with Crippen molar-refractivity contribution in [1.82, 2.24) is 10.6 Å². The maximum Gasteiger partial charge on any atom is 0.413 e. The third kappa shape index (κ3) is 7.24.